The Balaban J connectivity index is 1.66. The van der Waals surface area contributed by atoms with Crippen molar-refractivity contribution in [3.05, 3.63) is 0 Å². The molecule has 0 radical (unpaired) electrons. The third-order valence-corrected chi connectivity index (χ3v) is 4.81. The average Bonchev–Trinajstić information content (AvgIpc) is 2.96. The number of likely N-dealkylation sites (N-methyl/N-ethyl adjacent to an activating group) is 1. The van der Waals surface area contributed by atoms with Gasteiger partial charge in [0.15, 0.2) is 0 Å². The Labute approximate surface area is 138 Å². The second-order valence-corrected chi connectivity index (χ2v) is 6.54. The van der Waals surface area contributed by atoms with Gasteiger partial charge in [-0.1, -0.05) is 0 Å². The second-order valence-electron chi connectivity index (χ2n) is 6.54. The first kappa shape index (κ1) is 17.7. The van der Waals surface area contributed by atoms with Crippen LogP contribution in [0.2, 0.25) is 0 Å². The second kappa shape index (κ2) is 8.29. The van der Waals surface area contributed by atoms with Gasteiger partial charge in [0.25, 0.3) is 0 Å². The lowest BCUT2D eigenvalue weighted by molar-refractivity contribution is -0.146. The molecule has 7 nitrogen and oxygen atoms in total. The Morgan fingerprint density at radius 3 is 2.57 bits per heavy atom. The summed E-state index contributed by atoms with van der Waals surface area (Å²) in [4.78, 5) is 41.2. The molecule has 2 aliphatic rings. The number of piperidine rings is 1. The molecule has 0 spiro atoms. The van der Waals surface area contributed by atoms with Gasteiger partial charge in [0.2, 0.25) is 5.91 Å². The molecular formula is C16H28N4O3. The summed E-state index contributed by atoms with van der Waals surface area (Å²) in [5, 5.41) is 2.67. The number of hydrogen-bond acceptors (Lipinski definition) is 4. The van der Waals surface area contributed by atoms with Gasteiger partial charge in [-0.3, -0.25) is 14.4 Å². The summed E-state index contributed by atoms with van der Waals surface area (Å²) in [6.07, 6.45) is 4.05. The molecule has 7 heteroatoms. The maximum Gasteiger partial charge on any atom is 0.311 e. The molecule has 0 atom stereocenters. The Hall–Kier alpha value is -1.63. The smallest absolute Gasteiger partial charge is 0.311 e. The fraction of sp³-hybridized carbons (Fsp3) is 0.812. The summed E-state index contributed by atoms with van der Waals surface area (Å²) < 4.78 is 0. The van der Waals surface area contributed by atoms with Crippen LogP contribution in [0.15, 0.2) is 0 Å². The number of carbonyl (C=O) groups is 3. The molecule has 0 bridgehead atoms. The lowest BCUT2D eigenvalue weighted by Crippen LogP contribution is -2.49. The molecule has 0 aromatic carbocycles. The zero-order chi connectivity index (χ0) is 16.8. The quantitative estimate of drug-likeness (QED) is 0.555. The Morgan fingerprint density at radius 1 is 1.26 bits per heavy atom. The van der Waals surface area contributed by atoms with Gasteiger partial charge in [-0.2, -0.15) is 0 Å². The van der Waals surface area contributed by atoms with Crippen molar-refractivity contribution in [2.75, 3.05) is 46.8 Å². The SMILES string of the molecule is CN1CCC(N(C)C(=O)C(=O)NCCCN2CCCC2=O)CC1. The summed E-state index contributed by atoms with van der Waals surface area (Å²) in [6.45, 7) is 3.79. The first-order valence-electron chi connectivity index (χ1n) is 8.50. The Bertz CT molecular complexity index is 447. The predicted molar refractivity (Wildman–Crippen MR) is 86.7 cm³/mol. The lowest BCUT2D eigenvalue weighted by atomic mass is 10.0. The number of amides is 3. The van der Waals surface area contributed by atoms with E-state index in [9.17, 15) is 14.4 Å². The number of nitrogens with one attached hydrogen (secondary N) is 1. The zero-order valence-corrected chi connectivity index (χ0v) is 14.2. The fourth-order valence-electron chi connectivity index (χ4n) is 3.20. The van der Waals surface area contributed by atoms with E-state index < -0.39 is 11.8 Å². The minimum Gasteiger partial charge on any atom is -0.348 e. The third-order valence-electron chi connectivity index (χ3n) is 4.81. The van der Waals surface area contributed by atoms with Crippen LogP contribution in [-0.4, -0.2) is 85.3 Å². The van der Waals surface area contributed by atoms with Crippen LogP contribution in [0, 0.1) is 0 Å². The molecule has 0 saturated carbocycles. The van der Waals surface area contributed by atoms with Crippen molar-refractivity contribution < 1.29 is 14.4 Å². The largest absolute Gasteiger partial charge is 0.348 e. The summed E-state index contributed by atoms with van der Waals surface area (Å²) >= 11 is 0. The maximum absolute atomic E-state index is 12.2. The highest BCUT2D eigenvalue weighted by atomic mass is 16.2. The van der Waals surface area contributed by atoms with E-state index in [0.29, 0.717) is 25.9 Å². The van der Waals surface area contributed by atoms with E-state index >= 15 is 0 Å². The highest BCUT2D eigenvalue weighted by Crippen LogP contribution is 2.14. The van der Waals surface area contributed by atoms with Crippen LogP contribution in [0.5, 0.6) is 0 Å². The van der Waals surface area contributed by atoms with Crippen LogP contribution in [0.4, 0.5) is 0 Å². The third kappa shape index (κ3) is 4.92. The van der Waals surface area contributed by atoms with Gasteiger partial charge in [0, 0.05) is 39.1 Å². The van der Waals surface area contributed by atoms with Crippen molar-refractivity contribution in [2.45, 2.75) is 38.1 Å². The average molecular weight is 324 g/mol. The molecule has 3 amide bonds. The molecule has 2 aliphatic heterocycles. The van der Waals surface area contributed by atoms with Crippen LogP contribution in [0.3, 0.4) is 0 Å². The van der Waals surface area contributed by atoms with Crippen LogP contribution < -0.4 is 5.32 Å². The van der Waals surface area contributed by atoms with Crippen molar-refractivity contribution in [2.24, 2.45) is 0 Å². The van der Waals surface area contributed by atoms with E-state index in [0.717, 1.165) is 38.9 Å². The van der Waals surface area contributed by atoms with E-state index in [4.69, 9.17) is 0 Å². The van der Waals surface area contributed by atoms with Gasteiger partial charge >= 0.3 is 11.8 Å². The first-order chi connectivity index (χ1) is 11.0. The van der Waals surface area contributed by atoms with E-state index in [1.807, 2.05) is 4.90 Å². The standard InChI is InChI=1S/C16H28N4O3/c1-18-11-6-13(7-12-18)19(2)16(23)15(22)17-8-4-10-20-9-3-5-14(20)21/h13H,3-12H2,1-2H3,(H,17,22). The molecule has 2 fully saturated rings. The van der Waals surface area contributed by atoms with Gasteiger partial charge < -0.3 is 20.0 Å². The summed E-state index contributed by atoms with van der Waals surface area (Å²) in [5.41, 5.74) is 0. The first-order valence-corrected chi connectivity index (χ1v) is 8.50. The summed E-state index contributed by atoms with van der Waals surface area (Å²) in [6, 6.07) is 0.145. The molecule has 2 saturated heterocycles. The fourth-order valence-corrected chi connectivity index (χ4v) is 3.20. The molecule has 130 valence electrons. The van der Waals surface area contributed by atoms with Crippen LogP contribution in [0.1, 0.15) is 32.1 Å². The molecule has 0 aromatic heterocycles. The molecule has 1 N–H and O–H groups in total. The van der Waals surface area contributed by atoms with Gasteiger partial charge in [-0.05, 0) is 45.8 Å². The van der Waals surface area contributed by atoms with E-state index in [2.05, 4.69) is 17.3 Å². The van der Waals surface area contributed by atoms with E-state index in [-0.39, 0.29) is 11.9 Å². The summed E-state index contributed by atoms with van der Waals surface area (Å²) in [5.74, 6) is -0.814. The number of rotatable bonds is 5. The minimum absolute atomic E-state index is 0.145. The van der Waals surface area contributed by atoms with E-state index in [1.165, 1.54) is 0 Å². The van der Waals surface area contributed by atoms with Gasteiger partial charge in [-0.15, -0.1) is 0 Å². The molecular weight excluding hydrogens is 296 g/mol. The monoisotopic (exact) mass is 324 g/mol. The highest BCUT2D eigenvalue weighted by Gasteiger charge is 2.27. The van der Waals surface area contributed by atoms with Crippen molar-refractivity contribution in [3.63, 3.8) is 0 Å². The number of likely N-dealkylation sites (tertiary alicyclic amines) is 2. The number of carbonyl (C=O) groups excluding carboxylic acids is 3. The topological polar surface area (TPSA) is 73.0 Å². The Kier molecular flexibility index (Phi) is 6.38. The van der Waals surface area contributed by atoms with Crippen molar-refractivity contribution >= 4 is 17.7 Å². The Morgan fingerprint density at radius 2 is 1.96 bits per heavy atom. The molecule has 23 heavy (non-hydrogen) atoms. The lowest BCUT2D eigenvalue weighted by Gasteiger charge is -2.34. The van der Waals surface area contributed by atoms with Crippen molar-refractivity contribution in [1.29, 1.82) is 0 Å². The highest BCUT2D eigenvalue weighted by molar-refractivity contribution is 6.35. The molecule has 0 aliphatic carbocycles. The normalized spacial score (nSPS) is 19.9. The maximum atomic E-state index is 12.2. The van der Waals surface area contributed by atoms with Gasteiger partial charge in [0.1, 0.15) is 0 Å². The van der Waals surface area contributed by atoms with E-state index in [1.54, 1.807) is 11.9 Å². The number of hydrogen-bond donors (Lipinski definition) is 1. The van der Waals surface area contributed by atoms with Gasteiger partial charge in [0.05, 0.1) is 0 Å². The zero-order valence-electron chi connectivity index (χ0n) is 14.2. The molecule has 2 heterocycles. The van der Waals surface area contributed by atoms with Crippen LogP contribution in [0.25, 0.3) is 0 Å². The molecule has 0 unspecified atom stereocenters. The minimum atomic E-state index is -0.542. The summed E-state index contributed by atoms with van der Waals surface area (Å²) in [7, 11) is 3.77. The van der Waals surface area contributed by atoms with Gasteiger partial charge in [-0.25, -0.2) is 0 Å². The molecule has 0 aromatic rings. The number of nitrogens with zero attached hydrogens (tertiary/aromatic N) is 3. The van der Waals surface area contributed by atoms with Crippen LogP contribution in [-0.2, 0) is 14.4 Å². The molecule has 2 rings (SSSR count). The predicted octanol–water partition coefficient (Wildman–Crippen LogP) is -0.332. The van der Waals surface area contributed by atoms with Crippen molar-refractivity contribution in [3.8, 4) is 0 Å². The van der Waals surface area contributed by atoms with Crippen LogP contribution >= 0.6 is 0 Å². The van der Waals surface area contributed by atoms with Crippen molar-refractivity contribution in [1.82, 2.24) is 20.0 Å².